The molecule has 0 aliphatic heterocycles. The van der Waals surface area contributed by atoms with Gasteiger partial charge in [0.05, 0.1) is 4.92 Å². The number of halogens is 1. The number of hydrogen-bond donors (Lipinski definition) is 2. The predicted molar refractivity (Wildman–Crippen MR) is 67.3 cm³/mol. The Morgan fingerprint density at radius 3 is 2.67 bits per heavy atom. The highest BCUT2D eigenvalue weighted by atomic mass is 79.9. The van der Waals surface area contributed by atoms with Crippen LogP contribution in [0.4, 0.5) is 11.4 Å². The fourth-order valence-electron chi connectivity index (χ4n) is 1.31. The molecule has 7 nitrogen and oxygen atoms in total. The molecule has 1 heterocycles. The number of nitrogens with zero attached hydrogens (tertiary/aromatic N) is 2. The molecule has 0 fully saturated rings. The number of H-pyrrole nitrogens is 1. The van der Waals surface area contributed by atoms with E-state index in [9.17, 15) is 14.9 Å². The Hall–Kier alpha value is -2.22. The lowest BCUT2D eigenvalue weighted by Crippen LogP contribution is -2.14. The Morgan fingerprint density at radius 2 is 2.06 bits per heavy atom. The molecule has 2 N–H and O–H groups in total. The van der Waals surface area contributed by atoms with Crippen LogP contribution in [0.3, 0.4) is 0 Å². The first-order valence-corrected chi connectivity index (χ1v) is 5.62. The maximum atomic E-state index is 11.8. The Kier molecular flexibility index (Phi) is 3.38. The van der Waals surface area contributed by atoms with Gasteiger partial charge in [-0.05, 0) is 24.3 Å². The number of hydrogen-bond acceptors (Lipinski definition) is 4. The minimum Gasteiger partial charge on any atom is -0.320 e. The van der Waals surface area contributed by atoms with Crippen molar-refractivity contribution in [3.63, 3.8) is 0 Å². The highest BCUT2D eigenvalue weighted by Crippen LogP contribution is 2.18. The van der Waals surface area contributed by atoms with Crippen LogP contribution in [-0.2, 0) is 0 Å². The highest BCUT2D eigenvalue weighted by molar-refractivity contribution is 9.10. The first-order valence-electron chi connectivity index (χ1n) is 4.82. The molecule has 0 aliphatic rings. The molecule has 1 aromatic carbocycles. The summed E-state index contributed by atoms with van der Waals surface area (Å²) in [7, 11) is 0. The monoisotopic (exact) mass is 310 g/mol. The number of carbonyl (C=O) groups excluding carboxylic acids is 1. The molecule has 0 unspecified atom stereocenters. The number of carbonyl (C=O) groups is 1. The van der Waals surface area contributed by atoms with Crippen LogP contribution in [-0.4, -0.2) is 21.0 Å². The van der Waals surface area contributed by atoms with E-state index < -0.39 is 10.8 Å². The Balaban J connectivity index is 2.19. The minimum absolute atomic E-state index is 0.178. The van der Waals surface area contributed by atoms with Crippen molar-refractivity contribution < 1.29 is 9.72 Å². The van der Waals surface area contributed by atoms with Crippen molar-refractivity contribution in [1.29, 1.82) is 0 Å². The van der Waals surface area contributed by atoms with Crippen LogP contribution in [0.5, 0.6) is 0 Å². The summed E-state index contributed by atoms with van der Waals surface area (Å²) in [5.74, 6) is -0.610. The second kappa shape index (κ2) is 4.96. The zero-order chi connectivity index (χ0) is 13.1. The predicted octanol–water partition coefficient (Wildman–Crippen LogP) is 2.33. The van der Waals surface area contributed by atoms with Crippen LogP contribution < -0.4 is 5.32 Å². The van der Waals surface area contributed by atoms with Crippen LogP contribution in [0.25, 0.3) is 0 Å². The zero-order valence-corrected chi connectivity index (χ0v) is 10.5. The lowest BCUT2D eigenvalue weighted by molar-refractivity contribution is -0.385. The van der Waals surface area contributed by atoms with E-state index in [1.807, 2.05) is 0 Å². The molecule has 0 aliphatic carbocycles. The minimum atomic E-state index is -0.667. The molecule has 0 atom stereocenters. The van der Waals surface area contributed by atoms with Gasteiger partial charge in [0.2, 0.25) is 5.69 Å². The summed E-state index contributed by atoms with van der Waals surface area (Å²) in [6.45, 7) is 0. The first-order chi connectivity index (χ1) is 8.58. The van der Waals surface area contributed by atoms with Crippen molar-refractivity contribution in [3.8, 4) is 0 Å². The summed E-state index contributed by atoms with van der Waals surface area (Å²) in [5.41, 5.74) is -0.000344. The van der Waals surface area contributed by atoms with Crippen molar-refractivity contribution in [2.45, 2.75) is 0 Å². The fraction of sp³-hybridized carbons (Fsp3) is 0. The molecular weight excluding hydrogens is 304 g/mol. The van der Waals surface area contributed by atoms with E-state index in [2.05, 4.69) is 31.4 Å². The quantitative estimate of drug-likeness (QED) is 0.671. The van der Waals surface area contributed by atoms with Gasteiger partial charge in [-0.2, -0.15) is 5.10 Å². The second-order valence-electron chi connectivity index (χ2n) is 3.35. The zero-order valence-electron chi connectivity index (χ0n) is 8.88. The molecule has 0 spiro atoms. The molecule has 0 bridgehead atoms. The number of anilines is 1. The maximum absolute atomic E-state index is 11.8. The standard InChI is InChI=1S/C10H7BrN4O3/c11-6-1-3-7(4-2-6)13-10(16)9-8(15(17)18)5-12-14-9/h1-5H,(H,12,14)(H,13,16). The van der Waals surface area contributed by atoms with Crippen molar-refractivity contribution >= 4 is 33.2 Å². The van der Waals surface area contributed by atoms with Crippen molar-refractivity contribution in [2.75, 3.05) is 5.32 Å². The molecule has 2 aromatic rings. The van der Waals surface area contributed by atoms with E-state index in [4.69, 9.17) is 0 Å². The van der Waals surface area contributed by atoms with E-state index in [-0.39, 0.29) is 11.4 Å². The molecule has 0 radical (unpaired) electrons. The lowest BCUT2D eigenvalue weighted by atomic mass is 10.3. The van der Waals surface area contributed by atoms with Gasteiger partial charge in [0.1, 0.15) is 6.20 Å². The van der Waals surface area contributed by atoms with Gasteiger partial charge in [-0.25, -0.2) is 0 Å². The van der Waals surface area contributed by atoms with Crippen LogP contribution in [0.1, 0.15) is 10.5 Å². The third kappa shape index (κ3) is 2.54. The molecule has 1 aromatic heterocycles. The van der Waals surface area contributed by atoms with Crippen LogP contribution in [0, 0.1) is 10.1 Å². The molecule has 2 rings (SSSR count). The summed E-state index contributed by atoms with van der Waals surface area (Å²) in [5, 5.41) is 19.0. The molecule has 8 heteroatoms. The van der Waals surface area contributed by atoms with Crippen LogP contribution in [0.2, 0.25) is 0 Å². The third-order valence-electron chi connectivity index (χ3n) is 2.15. The highest BCUT2D eigenvalue weighted by Gasteiger charge is 2.22. The van der Waals surface area contributed by atoms with Gasteiger partial charge in [-0.3, -0.25) is 20.0 Å². The van der Waals surface area contributed by atoms with E-state index in [1.165, 1.54) is 0 Å². The summed E-state index contributed by atoms with van der Waals surface area (Å²) < 4.78 is 0.869. The molecule has 18 heavy (non-hydrogen) atoms. The van der Waals surface area contributed by atoms with Gasteiger partial charge in [0, 0.05) is 10.2 Å². The molecule has 0 saturated carbocycles. The number of nitro groups is 1. The van der Waals surface area contributed by atoms with Gasteiger partial charge in [0.15, 0.2) is 0 Å². The lowest BCUT2D eigenvalue weighted by Gasteiger charge is -2.03. The summed E-state index contributed by atoms with van der Waals surface area (Å²) in [4.78, 5) is 21.8. The topological polar surface area (TPSA) is 101 Å². The average Bonchev–Trinajstić information content (AvgIpc) is 2.81. The SMILES string of the molecule is O=C(Nc1ccc(Br)cc1)c1[nH]ncc1[N+](=O)[O-]. The van der Waals surface area contributed by atoms with Gasteiger partial charge >= 0.3 is 5.69 Å². The van der Waals surface area contributed by atoms with E-state index in [1.54, 1.807) is 24.3 Å². The largest absolute Gasteiger partial charge is 0.320 e. The Morgan fingerprint density at radius 1 is 1.39 bits per heavy atom. The van der Waals surface area contributed by atoms with Gasteiger partial charge < -0.3 is 5.32 Å². The van der Waals surface area contributed by atoms with Crippen molar-refractivity contribution in [1.82, 2.24) is 10.2 Å². The van der Waals surface area contributed by atoms with Gasteiger partial charge in [-0.1, -0.05) is 15.9 Å². The molecule has 0 saturated heterocycles. The number of amides is 1. The number of benzene rings is 1. The van der Waals surface area contributed by atoms with Crippen molar-refractivity contribution in [3.05, 3.63) is 50.7 Å². The Bertz CT molecular complexity index is 593. The van der Waals surface area contributed by atoms with Gasteiger partial charge in [0.25, 0.3) is 5.91 Å². The average molecular weight is 311 g/mol. The Labute approximate surface area is 109 Å². The maximum Gasteiger partial charge on any atom is 0.319 e. The summed E-state index contributed by atoms with van der Waals surface area (Å²) in [6.07, 6.45) is 0.997. The van der Waals surface area contributed by atoms with E-state index >= 15 is 0 Å². The number of nitrogens with one attached hydrogen (secondary N) is 2. The molecule has 1 amide bonds. The number of rotatable bonds is 3. The van der Waals surface area contributed by atoms with Crippen LogP contribution in [0.15, 0.2) is 34.9 Å². The smallest absolute Gasteiger partial charge is 0.319 e. The van der Waals surface area contributed by atoms with Crippen molar-refractivity contribution in [2.24, 2.45) is 0 Å². The summed E-state index contributed by atoms with van der Waals surface area (Å²) >= 11 is 3.26. The normalized spacial score (nSPS) is 10.1. The second-order valence-corrected chi connectivity index (χ2v) is 4.26. The summed E-state index contributed by atoms with van der Waals surface area (Å²) in [6, 6.07) is 6.84. The van der Waals surface area contributed by atoms with Crippen LogP contribution >= 0.6 is 15.9 Å². The van der Waals surface area contributed by atoms with E-state index in [0.717, 1.165) is 10.7 Å². The molecular formula is C10H7BrN4O3. The first kappa shape index (κ1) is 12.2. The number of aromatic nitrogens is 2. The fourth-order valence-corrected chi connectivity index (χ4v) is 1.58. The molecule has 92 valence electrons. The third-order valence-corrected chi connectivity index (χ3v) is 2.67. The number of aromatic amines is 1. The van der Waals surface area contributed by atoms with Gasteiger partial charge in [-0.15, -0.1) is 0 Å². The van der Waals surface area contributed by atoms with E-state index in [0.29, 0.717) is 5.69 Å².